The summed E-state index contributed by atoms with van der Waals surface area (Å²) in [4.78, 5) is 9.04. The summed E-state index contributed by atoms with van der Waals surface area (Å²) in [5.74, 6) is 6.74. The molecule has 0 saturated carbocycles. The summed E-state index contributed by atoms with van der Waals surface area (Å²) in [6.07, 6.45) is 3.75. The SMILES string of the molecule is CC1=C(NC[C@@H]2CNCCO2)NC=NC1/C=C(\C)ON. The molecule has 2 atom stereocenters. The quantitative estimate of drug-likeness (QED) is 0.404. The van der Waals surface area contributed by atoms with Crippen molar-refractivity contribution in [3.8, 4) is 0 Å². The second-order valence-electron chi connectivity index (χ2n) is 4.90. The fourth-order valence-corrected chi connectivity index (χ4v) is 2.14. The van der Waals surface area contributed by atoms with Gasteiger partial charge in [-0.25, -0.2) is 0 Å². The van der Waals surface area contributed by atoms with Crippen molar-refractivity contribution in [2.45, 2.75) is 26.0 Å². The maximum atomic E-state index is 5.66. The molecule has 0 aromatic carbocycles. The van der Waals surface area contributed by atoms with Gasteiger partial charge in [-0.15, -0.1) is 0 Å². The molecule has 1 fully saturated rings. The van der Waals surface area contributed by atoms with Crippen LogP contribution in [0.15, 0.2) is 28.2 Å². The van der Waals surface area contributed by atoms with Crippen LogP contribution in [-0.2, 0) is 9.57 Å². The highest BCUT2D eigenvalue weighted by molar-refractivity contribution is 5.61. The third-order valence-electron chi connectivity index (χ3n) is 3.37. The molecule has 0 bridgehead atoms. The van der Waals surface area contributed by atoms with Crippen molar-refractivity contribution in [2.24, 2.45) is 10.9 Å². The zero-order chi connectivity index (χ0) is 14.4. The van der Waals surface area contributed by atoms with Gasteiger partial charge in [-0.05, 0) is 25.5 Å². The van der Waals surface area contributed by atoms with Crippen molar-refractivity contribution in [2.75, 3.05) is 26.2 Å². The average molecular weight is 281 g/mol. The maximum Gasteiger partial charge on any atom is 0.119 e. The Labute approximate surface area is 119 Å². The highest BCUT2D eigenvalue weighted by Crippen LogP contribution is 2.15. The highest BCUT2D eigenvalue weighted by atomic mass is 16.6. The second-order valence-corrected chi connectivity index (χ2v) is 4.90. The van der Waals surface area contributed by atoms with E-state index in [-0.39, 0.29) is 12.1 Å². The normalized spacial score (nSPS) is 27.2. The molecule has 20 heavy (non-hydrogen) atoms. The van der Waals surface area contributed by atoms with Gasteiger partial charge in [-0.1, -0.05) is 0 Å². The van der Waals surface area contributed by atoms with E-state index in [9.17, 15) is 0 Å². The van der Waals surface area contributed by atoms with E-state index in [1.165, 1.54) is 0 Å². The number of nitrogens with zero attached hydrogens (tertiary/aromatic N) is 1. The van der Waals surface area contributed by atoms with Gasteiger partial charge >= 0.3 is 0 Å². The van der Waals surface area contributed by atoms with Crippen LogP contribution in [0.3, 0.4) is 0 Å². The molecule has 7 nitrogen and oxygen atoms in total. The van der Waals surface area contributed by atoms with Gasteiger partial charge in [0.25, 0.3) is 0 Å². The lowest BCUT2D eigenvalue weighted by Crippen LogP contribution is -2.45. The lowest BCUT2D eigenvalue weighted by atomic mass is 10.1. The summed E-state index contributed by atoms with van der Waals surface area (Å²) in [5, 5.41) is 9.81. The first-order valence-electron chi connectivity index (χ1n) is 6.81. The number of nitrogens with one attached hydrogen (secondary N) is 3. The molecule has 1 saturated heterocycles. The zero-order valence-electron chi connectivity index (χ0n) is 12.0. The van der Waals surface area contributed by atoms with Gasteiger partial charge in [0.1, 0.15) is 11.6 Å². The number of aliphatic imine (C=N–C) groups is 1. The number of allylic oxidation sites excluding steroid dienone is 1. The van der Waals surface area contributed by atoms with Crippen LogP contribution in [0, 0.1) is 0 Å². The largest absolute Gasteiger partial charge is 0.417 e. The van der Waals surface area contributed by atoms with Gasteiger partial charge in [0.15, 0.2) is 0 Å². The first kappa shape index (κ1) is 14.8. The number of ether oxygens (including phenoxy) is 1. The van der Waals surface area contributed by atoms with Gasteiger partial charge in [0.05, 0.1) is 25.1 Å². The van der Waals surface area contributed by atoms with Crippen LogP contribution in [0.2, 0.25) is 0 Å². The maximum absolute atomic E-state index is 5.66. The van der Waals surface area contributed by atoms with Crippen LogP contribution in [0.4, 0.5) is 0 Å². The lowest BCUT2D eigenvalue weighted by Gasteiger charge is -2.27. The van der Waals surface area contributed by atoms with Gasteiger partial charge in [-0.2, -0.15) is 5.90 Å². The number of nitrogens with two attached hydrogens (primary N) is 1. The topological polar surface area (TPSA) is 92.9 Å². The molecular weight excluding hydrogens is 258 g/mol. The van der Waals surface area contributed by atoms with Crippen LogP contribution in [-0.4, -0.2) is 44.7 Å². The Morgan fingerprint density at radius 1 is 1.70 bits per heavy atom. The zero-order valence-corrected chi connectivity index (χ0v) is 12.0. The van der Waals surface area contributed by atoms with E-state index in [4.69, 9.17) is 10.6 Å². The summed E-state index contributed by atoms with van der Waals surface area (Å²) in [7, 11) is 0. The number of morpholine rings is 1. The lowest BCUT2D eigenvalue weighted by molar-refractivity contribution is 0.0304. The van der Waals surface area contributed by atoms with E-state index < -0.39 is 0 Å². The molecule has 0 aromatic rings. The molecule has 7 heteroatoms. The van der Waals surface area contributed by atoms with Crippen LogP contribution >= 0.6 is 0 Å². The van der Waals surface area contributed by atoms with Crippen LogP contribution in [0.25, 0.3) is 0 Å². The molecular formula is C13H23N5O2. The minimum atomic E-state index is -0.0623. The molecule has 0 aromatic heterocycles. The van der Waals surface area contributed by atoms with E-state index in [1.54, 1.807) is 13.3 Å². The minimum absolute atomic E-state index is 0.0623. The Balaban J connectivity index is 1.93. The summed E-state index contributed by atoms with van der Waals surface area (Å²) < 4.78 is 5.66. The molecule has 112 valence electrons. The van der Waals surface area contributed by atoms with Gasteiger partial charge < -0.3 is 25.5 Å². The molecule has 1 unspecified atom stereocenters. The molecule has 2 aliphatic heterocycles. The van der Waals surface area contributed by atoms with Crippen molar-refractivity contribution >= 4 is 6.34 Å². The first-order chi connectivity index (χ1) is 9.70. The van der Waals surface area contributed by atoms with Crippen LogP contribution in [0.1, 0.15) is 13.8 Å². The predicted molar refractivity (Wildman–Crippen MR) is 77.8 cm³/mol. The van der Waals surface area contributed by atoms with Crippen LogP contribution < -0.4 is 21.8 Å². The third kappa shape index (κ3) is 3.96. The van der Waals surface area contributed by atoms with E-state index in [0.717, 1.165) is 37.6 Å². The molecule has 0 radical (unpaired) electrons. The van der Waals surface area contributed by atoms with Crippen molar-refractivity contribution in [1.29, 1.82) is 0 Å². The van der Waals surface area contributed by atoms with Crippen molar-refractivity contribution < 1.29 is 9.57 Å². The molecule has 2 rings (SSSR count). The fourth-order valence-electron chi connectivity index (χ4n) is 2.14. The van der Waals surface area contributed by atoms with Crippen LogP contribution in [0.5, 0.6) is 0 Å². The van der Waals surface area contributed by atoms with E-state index in [1.807, 2.05) is 13.0 Å². The first-order valence-corrected chi connectivity index (χ1v) is 6.81. The molecule has 0 spiro atoms. The molecule has 0 aliphatic carbocycles. The Morgan fingerprint density at radius 3 is 3.25 bits per heavy atom. The van der Waals surface area contributed by atoms with Gasteiger partial charge in [0.2, 0.25) is 0 Å². The minimum Gasteiger partial charge on any atom is -0.417 e. The van der Waals surface area contributed by atoms with E-state index in [2.05, 4.69) is 25.8 Å². The summed E-state index contributed by atoms with van der Waals surface area (Å²) in [6, 6.07) is -0.0623. The number of hydrogen-bond acceptors (Lipinski definition) is 7. The molecule has 2 aliphatic rings. The smallest absolute Gasteiger partial charge is 0.119 e. The standard InChI is InChI=1S/C13H23N5O2/c1-9(20-14)5-12-10(2)13(18-8-17-12)16-7-11-6-15-3-4-19-11/h5,8,11-12,15-16H,3-4,6-7,14H2,1-2H3,(H,17,18)/b9-5+/t11-,12?/m0/s1. The van der Waals surface area contributed by atoms with Gasteiger partial charge in [0, 0.05) is 19.6 Å². The second kappa shape index (κ2) is 7.28. The third-order valence-corrected chi connectivity index (χ3v) is 3.37. The summed E-state index contributed by atoms with van der Waals surface area (Å²) in [6.45, 7) is 7.14. The predicted octanol–water partition coefficient (Wildman–Crippen LogP) is -0.410. The number of hydrogen-bond donors (Lipinski definition) is 4. The Kier molecular flexibility index (Phi) is 5.40. The van der Waals surface area contributed by atoms with Gasteiger partial charge in [-0.3, -0.25) is 4.99 Å². The van der Waals surface area contributed by atoms with E-state index in [0.29, 0.717) is 5.76 Å². The molecule has 2 heterocycles. The van der Waals surface area contributed by atoms with Crippen molar-refractivity contribution in [3.05, 3.63) is 23.2 Å². The summed E-state index contributed by atoms with van der Waals surface area (Å²) in [5.41, 5.74) is 1.09. The van der Waals surface area contributed by atoms with E-state index >= 15 is 0 Å². The highest BCUT2D eigenvalue weighted by Gasteiger charge is 2.18. The molecule has 0 amide bonds. The fraction of sp³-hybridized carbons (Fsp3) is 0.615. The molecule has 5 N–H and O–H groups in total. The van der Waals surface area contributed by atoms with Crippen molar-refractivity contribution in [1.82, 2.24) is 16.0 Å². The average Bonchev–Trinajstić information content (AvgIpc) is 2.49. The monoisotopic (exact) mass is 281 g/mol. The number of rotatable bonds is 5. The Bertz CT molecular complexity index is 413. The Hall–Kier alpha value is -1.57. The van der Waals surface area contributed by atoms with Crippen molar-refractivity contribution in [3.63, 3.8) is 0 Å². The summed E-state index contributed by atoms with van der Waals surface area (Å²) >= 11 is 0. The Morgan fingerprint density at radius 2 is 2.55 bits per heavy atom.